The highest BCUT2D eigenvalue weighted by Crippen LogP contribution is 2.23. The SMILES string of the molecule is O=C(c1ccc(-c2ccccc2)cc1)N1CC(N2CCN(c3ccccn3)CC2)C1. The van der Waals surface area contributed by atoms with Crippen LogP contribution in [0.1, 0.15) is 10.4 Å². The molecule has 0 bridgehead atoms. The molecule has 2 aromatic carbocycles. The zero-order valence-electron chi connectivity index (χ0n) is 17.0. The van der Waals surface area contributed by atoms with Crippen molar-refractivity contribution in [2.45, 2.75) is 6.04 Å². The van der Waals surface area contributed by atoms with Crippen LogP contribution in [0, 0.1) is 0 Å². The van der Waals surface area contributed by atoms with E-state index in [1.807, 2.05) is 65.7 Å². The number of likely N-dealkylation sites (tertiary alicyclic amines) is 1. The molecule has 0 radical (unpaired) electrons. The number of amides is 1. The van der Waals surface area contributed by atoms with E-state index in [9.17, 15) is 4.79 Å². The predicted octanol–water partition coefficient (Wildman–Crippen LogP) is 3.40. The second kappa shape index (κ2) is 8.28. The first kappa shape index (κ1) is 18.8. The Labute approximate surface area is 177 Å². The summed E-state index contributed by atoms with van der Waals surface area (Å²) in [7, 11) is 0. The average molecular weight is 399 g/mol. The van der Waals surface area contributed by atoms with Gasteiger partial charge in [-0.15, -0.1) is 0 Å². The largest absolute Gasteiger partial charge is 0.354 e. The number of hydrogen-bond donors (Lipinski definition) is 0. The number of carbonyl (C=O) groups excluding carboxylic acids is 1. The van der Waals surface area contributed by atoms with Gasteiger partial charge in [-0.05, 0) is 35.4 Å². The second-order valence-corrected chi connectivity index (χ2v) is 8.02. The number of aromatic nitrogens is 1. The van der Waals surface area contributed by atoms with E-state index in [1.54, 1.807) is 0 Å². The van der Waals surface area contributed by atoms with Crippen molar-refractivity contribution in [1.82, 2.24) is 14.8 Å². The summed E-state index contributed by atoms with van der Waals surface area (Å²) in [6.07, 6.45) is 1.85. The molecule has 5 heteroatoms. The molecule has 3 aromatic rings. The molecule has 2 aliphatic heterocycles. The van der Waals surface area contributed by atoms with Gasteiger partial charge in [-0.1, -0.05) is 48.5 Å². The maximum Gasteiger partial charge on any atom is 0.253 e. The fourth-order valence-electron chi connectivity index (χ4n) is 4.33. The van der Waals surface area contributed by atoms with Gasteiger partial charge in [0.25, 0.3) is 5.91 Å². The zero-order valence-corrected chi connectivity index (χ0v) is 17.0. The number of anilines is 1. The first-order valence-corrected chi connectivity index (χ1v) is 10.6. The van der Waals surface area contributed by atoms with Gasteiger partial charge in [0.1, 0.15) is 5.82 Å². The number of hydrogen-bond acceptors (Lipinski definition) is 4. The summed E-state index contributed by atoms with van der Waals surface area (Å²) in [6, 6.07) is 24.8. The highest BCUT2D eigenvalue weighted by atomic mass is 16.2. The topological polar surface area (TPSA) is 39.7 Å². The number of nitrogens with zero attached hydrogens (tertiary/aromatic N) is 4. The van der Waals surface area contributed by atoms with Gasteiger partial charge in [-0.3, -0.25) is 9.69 Å². The molecule has 0 N–H and O–H groups in total. The van der Waals surface area contributed by atoms with Gasteiger partial charge in [0.05, 0.1) is 0 Å². The molecule has 0 spiro atoms. The summed E-state index contributed by atoms with van der Waals surface area (Å²) in [6.45, 7) is 5.67. The summed E-state index contributed by atoms with van der Waals surface area (Å²) in [5, 5.41) is 0. The van der Waals surface area contributed by atoms with E-state index in [4.69, 9.17) is 0 Å². The van der Waals surface area contributed by atoms with Crippen LogP contribution < -0.4 is 4.90 Å². The summed E-state index contributed by atoms with van der Waals surface area (Å²) >= 11 is 0. The smallest absolute Gasteiger partial charge is 0.253 e. The minimum Gasteiger partial charge on any atom is -0.354 e. The van der Waals surface area contributed by atoms with Crippen molar-refractivity contribution in [3.8, 4) is 11.1 Å². The predicted molar refractivity (Wildman–Crippen MR) is 120 cm³/mol. The Morgan fingerprint density at radius 2 is 1.43 bits per heavy atom. The van der Waals surface area contributed by atoms with Crippen LogP contribution in [0.2, 0.25) is 0 Å². The minimum absolute atomic E-state index is 0.137. The van der Waals surface area contributed by atoms with E-state index in [0.29, 0.717) is 6.04 Å². The van der Waals surface area contributed by atoms with E-state index in [2.05, 4.69) is 33.0 Å². The number of carbonyl (C=O) groups is 1. The lowest BCUT2D eigenvalue weighted by Gasteiger charge is -2.48. The molecule has 1 amide bonds. The Kier molecular flexibility index (Phi) is 5.20. The van der Waals surface area contributed by atoms with E-state index >= 15 is 0 Å². The zero-order chi connectivity index (χ0) is 20.3. The fourth-order valence-corrected chi connectivity index (χ4v) is 4.33. The van der Waals surface area contributed by atoms with Crippen LogP contribution in [0.5, 0.6) is 0 Å². The molecule has 5 rings (SSSR count). The van der Waals surface area contributed by atoms with Crippen molar-refractivity contribution in [3.05, 3.63) is 84.6 Å². The van der Waals surface area contributed by atoms with E-state index < -0.39 is 0 Å². The molecule has 0 atom stereocenters. The van der Waals surface area contributed by atoms with Gasteiger partial charge in [-0.2, -0.15) is 0 Å². The Balaban J connectivity index is 1.13. The molecule has 152 valence electrons. The third kappa shape index (κ3) is 3.81. The average Bonchev–Trinajstić information content (AvgIpc) is 2.80. The van der Waals surface area contributed by atoms with E-state index in [1.165, 1.54) is 5.56 Å². The van der Waals surface area contributed by atoms with Crippen molar-refractivity contribution < 1.29 is 4.79 Å². The molecular formula is C25H26N4O. The van der Waals surface area contributed by atoms with Crippen molar-refractivity contribution in [1.29, 1.82) is 0 Å². The van der Waals surface area contributed by atoms with E-state index in [-0.39, 0.29) is 5.91 Å². The highest BCUT2D eigenvalue weighted by molar-refractivity contribution is 5.95. The third-order valence-electron chi connectivity index (χ3n) is 6.19. The first-order valence-electron chi connectivity index (χ1n) is 10.6. The maximum absolute atomic E-state index is 12.8. The van der Waals surface area contributed by atoms with Crippen molar-refractivity contribution in [3.63, 3.8) is 0 Å². The van der Waals surface area contributed by atoms with Gasteiger partial charge >= 0.3 is 0 Å². The van der Waals surface area contributed by atoms with Crippen LogP contribution in [0.3, 0.4) is 0 Å². The number of benzene rings is 2. The molecular weight excluding hydrogens is 372 g/mol. The van der Waals surface area contributed by atoms with Crippen molar-refractivity contribution >= 4 is 11.7 Å². The molecule has 0 aliphatic carbocycles. The van der Waals surface area contributed by atoms with E-state index in [0.717, 1.165) is 56.2 Å². The molecule has 5 nitrogen and oxygen atoms in total. The maximum atomic E-state index is 12.8. The molecule has 1 aromatic heterocycles. The van der Waals surface area contributed by atoms with Gasteiger partial charge in [-0.25, -0.2) is 4.98 Å². The van der Waals surface area contributed by atoms with Gasteiger partial charge < -0.3 is 9.80 Å². The summed E-state index contributed by atoms with van der Waals surface area (Å²) in [4.78, 5) is 24.1. The Hall–Kier alpha value is -3.18. The second-order valence-electron chi connectivity index (χ2n) is 8.02. The Bertz CT molecular complexity index is 977. The monoisotopic (exact) mass is 398 g/mol. The normalized spacial score (nSPS) is 17.6. The molecule has 30 heavy (non-hydrogen) atoms. The number of rotatable bonds is 4. The van der Waals surface area contributed by atoms with Crippen LogP contribution in [0.25, 0.3) is 11.1 Å². The highest BCUT2D eigenvalue weighted by Gasteiger charge is 2.36. The number of piperazine rings is 1. The standard InChI is InChI=1S/C25H26N4O/c30-25(22-11-9-21(10-12-22)20-6-2-1-3-7-20)29-18-23(19-29)27-14-16-28(17-15-27)24-8-4-5-13-26-24/h1-13,23H,14-19H2. The molecule has 2 aliphatic rings. The molecule has 2 fully saturated rings. The molecule has 0 saturated carbocycles. The fraction of sp³-hybridized carbons (Fsp3) is 0.280. The third-order valence-corrected chi connectivity index (χ3v) is 6.19. The van der Waals surface area contributed by atoms with Crippen LogP contribution in [0.15, 0.2) is 79.0 Å². The summed E-state index contributed by atoms with van der Waals surface area (Å²) < 4.78 is 0. The molecule has 3 heterocycles. The lowest BCUT2D eigenvalue weighted by Crippen LogP contribution is -2.64. The Morgan fingerprint density at radius 1 is 0.767 bits per heavy atom. The lowest BCUT2D eigenvalue weighted by atomic mass is 10.0. The van der Waals surface area contributed by atoms with Gasteiger partial charge in [0, 0.05) is 57.1 Å². The van der Waals surface area contributed by atoms with Gasteiger partial charge in [0.2, 0.25) is 0 Å². The lowest BCUT2D eigenvalue weighted by molar-refractivity contribution is 0.0246. The van der Waals surface area contributed by atoms with Crippen LogP contribution >= 0.6 is 0 Å². The minimum atomic E-state index is 0.137. The number of pyridine rings is 1. The van der Waals surface area contributed by atoms with Crippen LogP contribution in [-0.4, -0.2) is 66.0 Å². The quantitative estimate of drug-likeness (QED) is 0.675. The molecule has 0 unspecified atom stereocenters. The van der Waals surface area contributed by atoms with Crippen LogP contribution in [-0.2, 0) is 0 Å². The first-order chi connectivity index (χ1) is 14.8. The van der Waals surface area contributed by atoms with Gasteiger partial charge in [0.15, 0.2) is 0 Å². The van der Waals surface area contributed by atoms with Crippen molar-refractivity contribution in [2.75, 3.05) is 44.2 Å². The van der Waals surface area contributed by atoms with Crippen LogP contribution in [0.4, 0.5) is 5.82 Å². The summed E-state index contributed by atoms with van der Waals surface area (Å²) in [5.41, 5.74) is 3.08. The van der Waals surface area contributed by atoms with Crippen molar-refractivity contribution in [2.24, 2.45) is 0 Å². The summed E-state index contributed by atoms with van der Waals surface area (Å²) in [5.74, 6) is 1.19. The molecule has 2 saturated heterocycles. The Morgan fingerprint density at radius 3 is 2.10 bits per heavy atom.